The van der Waals surface area contributed by atoms with Crippen molar-refractivity contribution in [2.45, 2.75) is 12.6 Å². The van der Waals surface area contributed by atoms with Gasteiger partial charge in [-0.3, -0.25) is 9.36 Å². The molecule has 100 valence electrons. The Hall–Kier alpha value is -1.79. The molecule has 0 N–H and O–H groups in total. The molecule has 0 aliphatic carbocycles. The minimum absolute atomic E-state index is 0.147. The van der Waals surface area contributed by atoms with Gasteiger partial charge in [-0.05, 0) is 12.1 Å². The van der Waals surface area contributed by atoms with E-state index in [1.54, 1.807) is 0 Å². The van der Waals surface area contributed by atoms with Crippen molar-refractivity contribution >= 4 is 10.9 Å². The molecule has 6 heteroatoms. The third kappa shape index (κ3) is 2.50. The summed E-state index contributed by atoms with van der Waals surface area (Å²) < 4.78 is 25.3. The van der Waals surface area contributed by atoms with E-state index in [9.17, 15) is 9.18 Å². The SMILES string of the molecule is O=c1c2ccc(F)cc2ncn1C[C@H]1COCCO1. The van der Waals surface area contributed by atoms with Crippen LogP contribution >= 0.6 is 0 Å². The van der Waals surface area contributed by atoms with Crippen LogP contribution in [-0.4, -0.2) is 35.5 Å². The molecule has 0 spiro atoms. The fourth-order valence-corrected chi connectivity index (χ4v) is 2.12. The third-order valence-electron chi connectivity index (χ3n) is 3.07. The highest BCUT2D eigenvalue weighted by atomic mass is 19.1. The van der Waals surface area contributed by atoms with Crippen LogP contribution in [-0.2, 0) is 16.0 Å². The summed E-state index contributed by atoms with van der Waals surface area (Å²) in [7, 11) is 0. The molecule has 0 radical (unpaired) electrons. The highest BCUT2D eigenvalue weighted by molar-refractivity contribution is 5.77. The molecule has 2 aromatic rings. The summed E-state index contributed by atoms with van der Waals surface area (Å²) >= 11 is 0. The summed E-state index contributed by atoms with van der Waals surface area (Å²) in [6.07, 6.45) is 1.27. The predicted molar refractivity (Wildman–Crippen MR) is 66.5 cm³/mol. The first-order chi connectivity index (χ1) is 9.24. The zero-order chi connectivity index (χ0) is 13.2. The fraction of sp³-hybridized carbons (Fsp3) is 0.385. The van der Waals surface area contributed by atoms with E-state index in [2.05, 4.69) is 4.98 Å². The molecule has 3 rings (SSSR count). The molecule has 0 unspecified atom stereocenters. The molecule has 1 saturated heterocycles. The summed E-state index contributed by atoms with van der Waals surface area (Å²) in [5.41, 5.74) is 0.168. The van der Waals surface area contributed by atoms with Crippen LogP contribution in [0.2, 0.25) is 0 Å². The number of fused-ring (bicyclic) bond motifs is 1. The van der Waals surface area contributed by atoms with Crippen molar-refractivity contribution in [3.63, 3.8) is 0 Å². The Morgan fingerprint density at radius 1 is 1.42 bits per heavy atom. The molecule has 1 aromatic carbocycles. The standard InChI is InChI=1S/C13H13FN2O3/c14-9-1-2-11-12(5-9)15-8-16(13(11)17)6-10-7-18-3-4-19-10/h1-2,5,8,10H,3-4,6-7H2/t10-/m0/s1. The number of hydrogen-bond acceptors (Lipinski definition) is 4. The van der Waals surface area contributed by atoms with Crippen molar-refractivity contribution in [3.05, 3.63) is 40.7 Å². The van der Waals surface area contributed by atoms with Crippen LogP contribution in [0, 0.1) is 5.82 Å². The van der Waals surface area contributed by atoms with Crippen molar-refractivity contribution in [2.75, 3.05) is 19.8 Å². The Balaban J connectivity index is 1.93. The molecule has 2 heterocycles. The van der Waals surface area contributed by atoms with E-state index >= 15 is 0 Å². The molecule has 1 fully saturated rings. The van der Waals surface area contributed by atoms with E-state index in [1.807, 2.05) is 0 Å². The molecule has 0 saturated carbocycles. The van der Waals surface area contributed by atoms with Gasteiger partial charge in [-0.25, -0.2) is 9.37 Å². The molecule has 1 aliphatic heterocycles. The number of aromatic nitrogens is 2. The van der Waals surface area contributed by atoms with Crippen molar-refractivity contribution in [3.8, 4) is 0 Å². The Morgan fingerprint density at radius 3 is 3.11 bits per heavy atom. The Kier molecular flexibility index (Phi) is 3.27. The van der Waals surface area contributed by atoms with Gasteiger partial charge in [-0.15, -0.1) is 0 Å². The lowest BCUT2D eigenvalue weighted by Crippen LogP contribution is -2.35. The van der Waals surface area contributed by atoms with Gasteiger partial charge in [0.2, 0.25) is 0 Å². The fourth-order valence-electron chi connectivity index (χ4n) is 2.12. The second-order valence-corrected chi connectivity index (χ2v) is 4.43. The molecule has 0 bridgehead atoms. The van der Waals surface area contributed by atoms with Gasteiger partial charge in [-0.2, -0.15) is 0 Å². The normalized spacial score (nSPS) is 19.7. The van der Waals surface area contributed by atoms with Crippen LogP contribution in [0.4, 0.5) is 4.39 Å². The van der Waals surface area contributed by atoms with Crippen LogP contribution < -0.4 is 5.56 Å². The predicted octanol–water partition coefficient (Wildman–Crippen LogP) is 0.951. The van der Waals surface area contributed by atoms with Gasteiger partial charge < -0.3 is 9.47 Å². The maximum absolute atomic E-state index is 13.1. The lowest BCUT2D eigenvalue weighted by molar-refractivity contribution is -0.0939. The highest BCUT2D eigenvalue weighted by Gasteiger charge is 2.16. The first-order valence-corrected chi connectivity index (χ1v) is 6.08. The lowest BCUT2D eigenvalue weighted by atomic mass is 10.2. The van der Waals surface area contributed by atoms with Gasteiger partial charge in [0.25, 0.3) is 5.56 Å². The van der Waals surface area contributed by atoms with Crippen molar-refractivity contribution < 1.29 is 13.9 Å². The highest BCUT2D eigenvalue weighted by Crippen LogP contribution is 2.09. The monoisotopic (exact) mass is 264 g/mol. The van der Waals surface area contributed by atoms with Crippen LogP contribution in [0.1, 0.15) is 0 Å². The summed E-state index contributed by atoms with van der Waals surface area (Å²) in [5.74, 6) is -0.402. The van der Waals surface area contributed by atoms with Crippen molar-refractivity contribution in [2.24, 2.45) is 0 Å². The van der Waals surface area contributed by atoms with Crippen LogP contribution in [0.25, 0.3) is 10.9 Å². The van der Waals surface area contributed by atoms with E-state index in [-0.39, 0.29) is 11.7 Å². The largest absolute Gasteiger partial charge is 0.376 e. The van der Waals surface area contributed by atoms with Gasteiger partial charge in [0.15, 0.2) is 0 Å². The third-order valence-corrected chi connectivity index (χ3v) is 3.07. The van der Waals surface area contributed by atoms with Gasteiger partial charge in [0.05, 0.1) is 49.7 Å². The molecule has 5 nitrogen and oxygen atoms in total. The molecule has 1 atom stereocenters. The number of rotatable bonds is 2. The topological polar surface area (TPSA) is 53.4 Å². The number of benzene rings is 1. The summed E-state index contributed by atoms with van der Waals surface area (Å²) in [4.78, 5) is 16.3. The van der Waals surface area contributed by atoms with E-state index in [1.165, 1.54) is 29.1 Å². The average Bonchev–Trinajstić information content (AvgIpc) is 2.43. The summed E-state index contributed by atoms with van der Waals surface area (Å²) in [6.45, 7) is 1.97. The minimum atomic E-state index is -0.402. The Labute approximate surface area is 108 Å². The van der Waals surface area contributed by atoms with E-state index in [0.29, 0.717) is 37.3 Å². The zero-order valence-electron chi connectivity index (χ0n) is 10.2. The number of nitrogens with zero attached hydrogens (tertiary/aromatic N) is 2. The van der Waals surface area contributed by atoms with Crippen LogP contribution in [0.5, 0.6) is 0 Å². The number of hydrogen-bond donors (Lipinski definition) is 0. The average molecular weight is 264 g/mol. The molecule has 1 aromatic heterocycles. The smallest absolute Gasteiger partial charge is 0.261 e. The van der Waals surface area contributed by atoms with Gasteiger partial charge >= 0.3 is 0 Å². The minimum Gasteiger partial charge on any atom is -0.376 e. The van der Waals surface area contributed by atoms with Gasteiger partial charge in [0.1, 0.15) is 5.82 Å². The van der Waals surface area contributed by atoms with Crippen molar-refractivity contribution in [1.82, 2.24) is 9.55 Å². The molecule has 0 amide bonds. The number of ether oxygens (including phenoxy) is 2. The van der Waals surface area contributed by atoms with Crippen LogP contribution in [0.15, 0.2) is 29.3 Å². The maximum Gasteiger partial charge on any atom is 0.261 e. The zero-order valence-corrected chi connectivity index (χ0v) is 10.2. The number of halogens is 1. The van der Waals surface area contributed by atoms with E-state index < -0.39 is 5.82 Å². The van der Waals surface area contributed by atoms with E-state index in [0.717, 1.165) is 0 Å². The Bertz CT molecular complexity index is 650. The quantitative estimate of drug-likeness (QED) is 0.810. The molecule has 1 aliphatic rings. The summed E-state index contributed by atoms with van der Waals surface area (Å²) in [5, 5.41) is 0.403. The van der Waals surface area contributed by atoms with Crippen LogP contribution in [0.3, 0.4) is 0 Å². The van der Waals surface area contributed by atoms with Gasteiger partial charge in [-0.1, -0.05) is 0 Å². The molecule has 19 heavy (non-hydrogen) atoms. The molecular formula is C13H13FN2O3. The Morgan fingerprint density at radius 2 is 2.32 bits per heavy atom. The summed E-state index contributed by atoms with van der Waals surface area (Å²) in [6, 6.07) is 3.96. The lowest BCUT2D eigenvalue weighted by Gasteiger charge is -2.23. The second-order valence-electron chi connectivity index (χ2n) is 4.43. The maximum atomic E-state index is 13.1. The first kappa shape index (κ1) is 12.3. The molecular weight excluding hydrogens is 251 g/mol. The second kappa shape index (κ2) is 5.07. The van der Waals surface area contributed by atoms with E-state index in [4.69, 9.17) is 9.47 Å². The van der Waals surface area contributed by atoms with Gasteiger partial charge in [0, 0.05) is 6.07 Å². The first-order valence-electron chi connectivity index (χ1n) is 6.08. The van der Waals surface area contributed by atoms with Crippen molar-refractivity contribution in [1.29, 1.82) is 0 Å².